The molecule has 1 saturated carbocycles. The molecule has 4 heteroatoms. The first-order chi connectivity index (χ1) is 8.63. The molecule has 0 bridgehead atoms. The van der Waals surface area contributed by atoms with Crippen LogP contribution >= 0.6 is 0 Å². The summed E-state index contributed by atoms with van der Waals surface area (Å²) in [6, 6.07) is 3.95. The van der Waals surface area contributed by atoms with Crippen LogP contribution in [0.1, 0.15) is 24.2 Å². The largest absolute Gasteiger partial charge is 0.506 e. The predicted octanol–water partition coefficient (Wildman–Crippen LogP) is 1.26. The second-order valence-corrected chi connectivity index (χ2v) is 5.78. The van der Waals surface area contributed by atoms with Gasteiger partial charge in [-0.25, -0.2) is 0 Å². The summed E-state index contributed by atoms with van der Waals surface area (Å²) in [5.41, 5.74) is 7.89. The van der Waals surface area contributed by atoms with E-state index >= 15 is 0 Å². The van der Waals surface area contributed by atoms with Crippen molar-refractivity contribution in [2.75, 3.05) is 13.1 Å². The average Bonchev–Trinajstić information content (AvgIpc) is 2.87. The van der Waals surface area contributed by atoms with E-state index in [9.17, 15) is 5.11 Å². The Morgan fingerprint density at radius 2 is 2.22 bits per heavy atom. The molecule has 1 aromatic heterocycles. The molecule has 4 nitrogen and oxygen atoms in total. The normalized spacial score (nSPS) is 31.8. The van der Waals surface area contributed by atoms with Crippen molar-refractivity contribution in [2.45, 2.75) is 32.4 Å². The highest BCUT2D eigenvalue weighted by Gasteiger charge is 2.40. The third-order valence-corrected chi connectivity index (χ3v) is 4.45. The number of aromatic hydroxyl groups is 1. The third-order valence-electron chi connectivity index (χ3n) is 4.45. The fourth-order valence-corrected chi connectivity index (χ4v) is 3.46. The Bertz CT molecular complexity index is 449. The van der Waals surface area contributed by atoms with Gasteiger partial charge in [-0.15, -0.1) is 0 Å². The van der Waals surface area contributed by atoms with Crippen molar-refractivity contribution in [3.63, 3.8) is 0 Å². The Morgan fingerprint density at radius 1 is 1.39 bits per heavy atom. The number of pyridine rings is 1. The minimum atomic E-state index is 0.307. The van der Waals surface area contributed by atoms with Gasteiger partial charge in [0, 0.05) is 31.4 Å². The molecule has 0 radical (unpaired) electrons. The standard InChI is InChI=1S/C14H21N3O/c1-9-2-5-14(18)13(16-9)8-17-6-10-3-4-12(15)11(10)7-17/h2,5,10-12,18H,3-4,6-8,15H2,1H3. The summed E-state index contributed by atoms with van der Waals surface area (Å²) in [5, 5.41) is 9.84. The van der Waals surface area contributed by atoms with Crippen LogP contribution in [0.3, 0.4) is 0 Å². The van der Waals surface area contributed by atoms with Gasteiger partial charge in [0.25, 0.3) is 0 Å². The Hall–Kier alpha value is -1.13. The number of rotatable bonds is 2. The van der Waals surface area contributed by atoms with E-state index in [2.05, 4.69) is 9.88 Å². The second-order valence-electron chi connectivity index (χ2n) is 5.78. The van der Waals surface area contributed by atoms with Gasteiger partial charge in [-0.3, -0.25) is 9.88 Å². The fourth-order valence-electron chi connectivity index (χ4n) is 3.46. The molecular formula is C14H21N3O. The predicted molar refractivity (Wildman–Crippen MR) is 70.1 cm³/mol. The van der Waals surface area contributed by atoms with E-state index in [1.165, 1.54) is 12.8 Å². The van der Waals surface area contributed by atoms with Crippen LogP contribution in [0.15, 0.2) is 12.1 Å². The second kappa shape index (κ2) is 4.52. The van der Waals surface area contributed by atoms with Gasteiger partial charge in [0.1, 0.15) is 5.75 Å². The Labute approximate surface area is 108 Å². The lowest BCUT2D eigenvalue weighted by Crippen LogP contribution is -2.30. The number of nitrogens with two attached hydrogens (primary N) is 1. The number of likely N-dealkylation sites (tertiary alicyclic amines) is 1. The Balaban J connectivity index is 1.69. The van der Waals surface area contributed by atoms with E-state index in [4.69, 9.17) is 5.73 Å². The summed E-state index contributed by atoms with van der Waals surface area (Å²) in [6.45, 7) is 4.86. The summed E-state index contributed by atoms with van der Waals surface area (Å²) < 4.78 is 0. The van der Waals surface area contributed by atoms with E-state index < -0.39 is 0 Å². The minimum absolute atomic E-state index is 0.307. The lowest BCUT2D eigenvalue weighted by atomic mass is 9.98. The molecule has 3 unspecified atom stereocenters. The maximum atomic E-state index is 9.84. The molecule has 18 heavy (non-hydrogen) atoms. The number of fused-ring (bicyclic) bond motifs is 1. The fraction of sp³-hybridized carbons (Fsp3) is 0.643. The van der Waals surface area contributed by atoms with E-state index in [0.717, 1.165) is 36.9 Å². The van der Waals surface area contributed by atoms with Crippen LogP contribution in [0.4, 0.5) is 0 Å². The average molecular weight is 247 g/mol. The number of hydrogen-bond donors (Lipinski definition) is 2. The molecule has 0 aromatic carbocycles. The Morgan fingerprint density at radius 3 is 3.00 bits per heavy atom. The van der Waals surface area contributed by atoms with Crippen molar-refractivity contribution in [1.29, 1.82) is 0 Å². The van der Waals surface area contributed by atoms with E-state index in [1.54, 1.807) is 6.07 Å². The minimum Gasteiger partial charge on any atom is -0.506 e. The van der Waals surface area contributed by atoms with E-state index in [-0.39, 0.29) is 0 Å². The zero-order valence-electron chi connectivity index (χ0n) is 10.8. The third kappa shape index (κ3) is 2.10. The maximum Gasteiger partial charge on any atom is 0.138 e. The topological polar surface area (TPSA) is 62.4 Å². The lowest BCUT2D eigenvalue weighted by molar-refractivity contribution is 0.289. The summed E-state index contributed by atoms with van der Waals surface area (Å²) in [6.07, 6.45) is 2.44. The van der Waals surface area contributed by atoms with Gasteiger partial charge in [0.2, 0.25) is 0 Å². The van der Waals surface area contributed by atoms with Crippen molar-refractivity contribution in [3.05, 3.63) is 23.5 Å². The molecular weight excluding hydrogens is 226 g/mol. The van der Waals surface area contributed by atoms with Gasteiger partial charge in [-0.05, 0) is 43.7 Å². The monoisotopic (exact) mass is 247 g/mol. The number of aryl methyl sites for hydroxylation is 1. The van der Waals surface area contributed by atoms with Crippen LogP contribution < -0.4 is 5.73 Å². The van der Waals surface area contributed by atoms with Crippen molar-refractivity contribution >= 4 is 0 Å². The maximum absolute atomic E-state index is 9.84. The van der Waals surface area contributed by atoms with Gasteiger partial charge < -0.3 is 10.8 Å². The molecule has 0 spiro atoms. The molecule has 3 N–H and O–H groups in total. The quantitative estimate of drug-likeness (QED) is 0.826. The molecule has 1 saturated heterocycles. The number of aromatic nitrogens is 1. The van der Waals surface area contributed by atoms with Crippen LogP contribution in [0.5, 0.6) is 5.75 Å². The van der Waals surface area contributed by atoms with Crippen molar-refractivity contribution in [2.24, 2.45) is 17.6 Å². The molecule has 98 valence electrons. The van der Waals surface area contributed by atoms with Crippen LogP contribution in [0.2, 0.25) is 0 Å². The van der Waals surface area contributed by atoms with E-state index in [0.29, 0.717) is 17.7 Å². The summed E-state index contributed by atoms with van der Waals surface area (Å²) in [7, 11) is 0. The summed E-state index contributed by atoms with van der Waals surface area (Å²) in [5.74, 6) is 1.71. The van der Waals surface area contributed by atoms with Crippen molar-refractivity contribution in [3.8, 4) is 5.75 Å². The molecule has 3 atom stereocenters. The molecule has 2 heterocycles. The molecule has 1 aliphatic heterocycles. The molecule has 0 amide bonds. The first kappa shape index (κ1) is 11.9. The van der Waals surface area contributed by atoms with Crippen LogP contribution in [-0.2, 0) is 6.54 Å². The van der Waals surface area contributed by atoms with Crippen molar-refractivity contribution in [1.82, 2.24) is 9.88 Å². The highest BCUT2D eigenvalue weighted by molar-refractivity contribution is 5.27. The lowest BCUT2D eigenvalue weighted by Gasteiger charge is -2.18. The highest BCUT2D eigenvalue weighted by atomic mass is 16.3. The van der Waals surface area contributed by atoms with Gasteiger partial charge in [0.15, 0.2) is 0 Å². The molecule has 2 aliphatic rings. The zero-order chi connectivity index (χ0) is 12.7. The first-order valence-corrected chi connectivity index (χ1v) is 6.77. The molecule has 1 aromatic rings. The Kier molecular flexibility index (Phi) is 2.99. The summed E-state index contributed by atoms with van der Waals surface area (Å²) in [4.78, 5) is 6.81. The SMILES string of the molecule is Cc1ccc(O)c(CN2CC3CCC(N)C3C2)n1. The molecule has 3 rings (SSSR count). The number of hydrogen-bond acceptors (Lipinski definition) is 4. The highest BCUT2D eigenvalue weighted by Crippen LogP contribution is 2.37. The molecule has 2 fully saturated rings. The first-order valence-electron chi connectivity index (χ1n) is 6.77. The van der Waals surface area contributed by atoms with Gasteiger partial charge >= 0.3 is 0 Å². The smallest absolute Gasteiger partial charge is 0.138 e. The van der Waals surface area contributed by atoms with Gasteiger partial charge in [-0.1, -0.05) is 0 Å². The number of nitrogens with zero attached hydrogens (tertiary/aromatic N) is 2. The van der Waals surface area contributed by atoms with E-state index in [1.807, 2.05) is 13.0 Å². The van der Waals surface area contributed by atoms with Gasteiger partial charge in [-0.2, -0.15) is 0 Å². The van der Waals surface area contributed by atoms with Crippen LogP contribution in [0, 0.1) is 18.8 Å². The van der Waals surface area contributed by atoms with Crippen LogP contribution in [0.25, 0.3) is 0 Å². The summed E-state index contributed by atoms with van der Waals surface area (Å²) >= 11 is 0. The van der Waals surface area contributed by atoms with Crippen molar-refractivity contribution < 1.29 is 5.11 Å². The molecule has 1 aliphatic carbocycles. The zero-order valence-corrected chi connectivity index (χ0v) is 10.8. The van der Waals surface area contributed by atoms with Crippen LogP contribution in [-0.4, -0.2) is 34.1 Å². The van der Waals surface area contributed by atoms with Gasteiger partial charge in [0.05, 0.1) is 5.69 Å².